The molecule has 1 heterocycles. The maximum absolute atomic E-state index is 4.34. The molecule has 0 aromatic carbocycles. The van der Waals surface area contributed by atoms with Crippen LogP contribution in [0.25, 0.3) is 0 Å². The third-order valence-corrected chi connectivity index (χ3v) is 3.38. The molecule has 84 valence electrons. The molecule has 0 saturated heterocycles. The van der Waals surface area contributed by atoms with Gasteiger partial charge in [-0.25, -0.2) is 0 Å². The third kappa shape index (κ3) is 4.67. The first kappa shape index (κ1) is 12.5. The van der Waals surface area contributed by atoms with Crippen molar-refractivity contribution in [1.82, 2.24) is 10.3 Å². The quantitative estimate of drug-likeness (QED) is 0.804. The molecule has 3 heteroatoms. The molecule has 0 aliphatic heterocycles. The standard InChI is InChI=1S/C12H20N2S/c1-4-15-9-10(2)14-11(3)12-7-5-6-8-13-12/h5-8,10-11,14H,4,9H2,1-3H3. The van der Waals surface area contributed by atoms with E-state index >= 15 is 0 Å². The fourth-order valence-electron chi connectivity index (χ4n) is 1.49. The predicted molar refractivity (Wildman–Crippen MR) is 68.2 cm³/mol. The lowest BCUT2D eigenvalue weighted by molar-refractivity contribution is 0.502. The normalized spacial score (nSPS) is 14.9. The first-order valence-corrected chi connectivity index (χ1v) is 6.64. The Morgan fingerprint density at radius 2 is 2.20 bits per heavy atom. The van der Waals surface area contributed by atoms with E-state index in [1.807, 2.05) is 30.1 Å². The largest absolute Gasteiger partial charge is 0.306 e. The van der Waals surface area contributed by atoms with Crippen LogP contribution in [0.4, 0.5) is 0 Å². The van der Waals surface area contributed by atoms with Crippen LogP contribution in [0.5, 0.6) is 0 Å². The summed E-state index contributed by atoms with van der Waals surface area (Å²) in [5.74, 6) is 2.34. The topological polar surface area (TPSA) is 24.9 Å². The van der Waals surface area contributed by atoms with Crippen molar-refractivity contribution in [2.24, 2.45) is 0 Å². The van der Waals surface area contributed by atoms with Crippen LogP contribution in [0.1, 0.15) is 32.5 Å². The van der Waals surface area contributed by atoms with E-state index in [2.05, 4.69) is 37.1 Å². The molecule has 0 radical (unpaired) electrons. The molecule has 2 unspecified atom stereocenters. The van der Waals surface area contributed by atoms with Crippen molar-refractivity contribution in [3.05, 3.63) is 30.1 Å². The number of nitrogens with one attached hydrogen (secondary N) is 1. The van der Waals surface area contributed by atoms with Gasteiger partial charge in [-0.3, -0.25) is 4.98 Å². The zero-order valence-electron chi connectivity index (χ0n) is 9.73. The maximum Gasteiger partial charge on any atom is 0.0570 e. The van der Waals surface area contributed by atoms with E-state index in [1.165, 1.54) is 5.75 Å². The Morgan fingerprint density at radius 3 is 2.80 bits per heavy atom. The van der Waals surface area contributed by atoms with E-state index in [9.17, 15) is 0 Å². The Labute approximate surface area is 96.9 Å². The van der Waals surface area contributed by atoms with E-state index in [4.69, 9.17) is 0 Å². The predicted octanol–water partition coefficient (Wildman–Crippen LogP) is 2.87. The highest BCUT2D eigenvalue weighted by Gasteiger charge is 2.09. The monoisotopic (exact) mass is 224 g/mol. The maximum atomic E-state index is 4.34. The zero-order chi connectivity index (χ0) is 11.1. The second-order valence-electron chi connectivity index (χ2n) is 3.70. The molecule has 1 aromatic rings. The van der Waals surface area contributed by atoms with Crippen molar-refractivity contribution < 1.29 is 0 Å². The lowest BCUT2D eigenvalue weighted by atomic mass is 10.2. The summed E-state index contributed by atoms with van der Waals surface area (Å²) in [6.45, 7) is 6.58. The highest BCUT2D eigenvalue weighted by molar-refractivity contribution is 7.99. The minimum absolute atomic E-state index is 0.332. The van der Waals surface area contributed by atoms with Crippen molar-refractivity contribution in [1.29, 1.82) is 0 Å². The molecule has 0 aliphatic rings. The summed E-state index contributed by atoms with van der Waals surface area (Å²) in [7, 11) is 0. The van der Waals surface area contributed by atoms with Crippen LogP contribution in [-0.2, 0) is 0 Å². The SMILES string of the molecule is CCSCC(C)NC(C)c1ccccn1. The van der Waals surface area contributed by atoms with Crippen LogP contribution in [-0.4, -0.2) is 22.5 Å². The van der Waals surface area contributed by atoms with E-state index in [0.717, 1.165) is 11.4 Å². The van der Waals surface area contributed by atoms with Gasteiger partial charge in [0.1, 0.15) is 0 Å². The molecule has 0 saturated carbocycles. The highest BCUT2D eigenvalue weighted by atomic mass is 32.2. The van der Waals surface area contributed by atoms with Gasteiger partial charge in [-0.1, -0.05) is 13.0 Å². The van der Waals surface area contributed by atoms with Crippen molar-refractivity contribution in [3.63, 3.8) is 0 Å². The number of aromatic nitrogens is 1. The van der Waals surface area contributed by atoms with Gasteiger partial charge in [0.05, 0.1) is 5.69 Å². The molecule has 0 aliphatic carbocycles. The Bertz CT molecular complexity index is 264. The van der Waals surface area contributed by atoms with Crippen molar-refractivity contribution in [2.45, 2.75) is 32.9 Å². The smallest absolute Gasteiger partial charge is 0.0570 e. The summed E-state index contributed by atoms with van der Waals surface area (Å²) in [6.07, 6.45) is 1.85. The van der Waals surface area contributed by atoms with Gasteiger partial charge in [-0.2, -0.15) is 11.8 Å². The zero-order valence-corrected chi connectivity index (χ0v) is 10.6. The number of nitrogens with zero attached hydrogens (tertiary/aromatic N) is 1. The summed E-state index contributed by atoms with van der Waals surface area (Å²) < 4.78 is 0. The number of thioether (sulfide) groups is 1. The number of rotatable bonds is 6. The molecular formula is C12H20N2S. The second kappa shape index (κ2) is 6.85. The van der Waals surface area contributed by atoms with Gasteiger partial charge in [-0.15, -0.1) is 0 Å². The fraction of sp³-hybridized carbons (Fsp3) is 0.583. The molecule has 1 N–H and O–H groups in total. The first-order valence-electron chi connectivity index (χ1n) is 5.48. The summed E-state index contributed by atoms with van der Waals surface area (Å²) in [5.41, 5.74) is 1.12. The van der Waals surface area contributed by atoms with Gasteiger partial charge < -0.3 is 5.32 Å². The summed E-state index contributed by atoms with van der Waals surface area (Å²) in [4.78, 5) is 4.34. The number of hydrogen-bond donors (Lipinski definition) is 1. The highest BCUT2D eigenvalue weighted by Crippen LogP contribution is 2.10. The Kier molecular flexibility index (Phi) is 5.73. The summed E-state index contributed by atoms with van der Waals surface area (Å²) in [6, 6.07) is 6.92. The lowest BCUT2D eigenvalue weighted by Gasteiger charge is -2.19. The molecule has 2 nitrogen and oxygen atoms in total. The summed E-state index contributed by atoms with van der Waals surface area (Å²) >= 11 is 1.97. The van der Waals surface area contributed by atoms with Crippen molar-refractivity contribution >= 4 is 11.8 Å². The first-order chi connectivity index (χ1) is 7.24. The van der Waals surface area contributed by atoms with Gasteiger partial charge in [0.15, 0.2) is 0 Å². The Balaban J connectivity index is 2.38. The van der Waals surface area contributed by atoms with Crippen LogP contribution in [0, 0.1) is 0 Å². The van der Waals surface area contributed by atoms with E-state index in [-0.39, 0.29) is 0 Å². The van der Waals surface area contributed by atoms with Gasteiger partial charge >= 0.3 is 0 Å². The molecule has 0 fully saturated rings. The average molecular weight is 224 g/mol. The average Bonchev–Trinajstić information content (AvgIpc) is 2.27. The molecule has 0 amide bonds. The minimum atomic E-state index is 0.332. The van der Waals surface area contributed by atoms with E-state index < -0.39 is 0 Å². The van der Waals surface area contributed by atoms with Gasteiger partial charge in [-0.05, 0) is 31.7 Å². The van der Waals surface area contributed by atoms with Crippen LogP contribution in [0.15, 0.2) is 24.4 Å². The third-order valence-electron chi connectivity index (χ3n) is 2.24. The lowest BCUT2D eigenvalue weighted by Crippen LogP contribution is -2.31. The van der Waals surface area contributed by atoms with E-state index in [1.54, 1.807) is 0 Å². The molecule has 1 rings (SSSR count). The van der Waals surface area contributed by atoms with Gasteiger partial charge in [0, 0.05) is 24.0 Å². The van der Waals surface area contributed by atoms with Crippen LogP contribution >= 0.6 is 11.8 Å². The number of pyridine rings is 1. The molecule has 0 spiro atoms. The fourth-order valence-corrected chi connectivity index (χ4v) is 2.17. The molecule has 1 aromatic heterocycles. The van der Waals surface area contributed by atoms with Crippen molar-refractivity contribution in [3.8, 4) is 0 Å². The van der Waals surface area contributed by atoms with Gasteiger partial charge in [0.25, 0.3) is 0 Å². The number of hydrogen-bond acceptors (Lipinski definition) is 3. The Hall–Kier alpha value is -0.540. The minimum Gasteiger partial charge on any atom is -0.306 e. The Morgan fingerprint density at radius 1 is 1.40 bits per heavy atom. The van der Waals surface area contributed by atoms with Gasteiger partial charge in [0.2, 0.25) is 0 Å². The van der Waals surface area contributed by atoms with Crippen LogP contribution < -0.4 is 5.32 Å². The molecule has 2 atom stereocenters. The molecular weight excluding hydrogens is 204 g/mol. The van der Waals surface area contributed by atoms with Crippen LogP contribution in [0.3, 0.4) is 0 Å². The van der Waals surface area contributed by atoms with Crippen LogP contribution in [0.2, 0.25) is 0 Å². The summed E-state index contributed by atoms with van der Waals surface area (Å²) in [5, 5.41) is 3.55. The molecule has 15 heavy (non-hydrogen) atoms. The molecule has 0 bridgehead atoms. The second-order valence-corrected chi connectivity index (χ2v) is 5.02. The van der Waals surface area contributed by atoms with Crippen molar-refractivity contribution in [2.75, 3.05) is 11.5 Å². The van der Waals surface area contributed by atoms with E-state index in [0.29, 0.717) is 12.1 Å².